The third-order valence-corrected chi connectivity index (χ3v) is 1.24. The molecule has 0 aliphatic carbocycles. The fourth-order valence-electron chi connectivity index (χ4n) is 0.622. The number of hydrogen-bond donors (Lipinski definition) is 0. The normalized spacial score (nSPS) is 9.64. The second-order valence-electron chi connectivity index (χ2n) is 1.85. The van der Waals surface area contributed by atoms with Crippen molar-refractivity contribution in [2.45, 2.75) is 6.92 Å². The van der Waals surface area contributed by atoms with Gasteiger partial charge < -0.3 is 9.15 Å². The van der Waals surface area contributed by atoms with E-state index in [-0.39, 0.29) is 5.76 Å². The number of halogens is 1. The van der Waals surface area contributed by atoms with E-state index >= 15 is 0 Å². The molecule has 0 saturated heterocycles. The topological polar surface area (TPSA) is 39.4 Å². The Morgan fingerprint density at radius 3 is 3.00 bits per heavy atom. The third kappa shape index (κ3) is 1.98. The minimum Gasteiger partial charge on any atom is -0.460 e. The van der Waals surface area contributed by atoms with Crippen LogP contribution >= 0.6 is 11.6 Å². The SMILES string of the molecule is CCOC(=O)c1cc(Cl)co1. The summed E-state index contributed by atoms with van der Waals surface area (Å²) in [5.74, 6) is -0.351. The quantitative estimate of drug-likeness (QED) is 0.645. The summed E-state index contributed by atoms with van der Waals surface area (Å²) >= 11 is 5.50. The second kappa shape index (κ2) is 3.44. The fourth-order valence-corrected chi connectivity index (χ4v) is 0.766. The van der Waals surface area contributed by atoms with E-state index in [0.29, 0.717) is 11.6 Å². The monoisotopic (exact) mass is 174 g/mol. The highest BCUT2D eigenvalue weighted by Crippen LogP contribution is 2.13. The Bertz CT molecular complexity index is 254. The molecule has 11 heavy (non-hydrogen) atoms. The van der Waals surface area contributed by atoms with Crippen LogP contribution < -0.4 is 0 Å². The van der Waals surface area contributed by atoms with Crippen molar-refractivity contribution in [1.29, 1.82) is 0 Å². The zero-order chi connectivity index (χ0) is 8.27. The molecule has 0 radical (unpaired) electrons. The number of hydrogen-bond acceptors (Lipinski definition) is 3. The van der Waals surface area contributed by atoms with Gasteiger partial charge in [0, 0.05) is 6.07 Å². The van der Waals surface area contributed by atoms with E-state index < -0.39 is 5.97 Å². The van der Waals surface area contributed by atoms with Crippen LogP contribution in [0.4, 0.5) is 0 Å². The van der Waals surface area contributed by atoms with Crippen molar-refractivity contribution < 1.29 is 13.9 Å². The molecular weight excluding hydrogens is 168 g/mol. The van der Waals surface area contributed by atoms with Gasteiger partial charge in [-0.25, -0.2) is 4.79 Å². The van der Waals surface area contributed by atoms with E-state index in [1.54, 1.807) is 6.92 Å². The third-order valence-electron chi connectivity index (χ3n) is 1.04. The molecule has 0 spiro atoms. The number of ether oxygens (including phenoxy) is 1. The van der Waals surface area contributed by atoms with Crippen molar-refractivity contribution in [3.63, 3.8) is 0 Å². The molecule has 0 fully saturated rings. The van der Waals surface area contributed by atoms with Crippen LogP contribution in [0.1, 0.15) is 17.5 Å². The van der Waals surface area contributed by atoms with Crippen molar-refractivity contribution in [2.24, 2.45) is 0 Å². The van der Waals surface area contributed by atoms with Crippen LogP contribution in [0.3, 0.4) is 0 Å². The lowest BCUT2D eigenvalue weighted by Crippen LogP contribution is -2.02. The molecule has 0 saturated carbocycles. The Hall–Kier alpha value is -0.960. The van der Waals surface area contributed by atoms with E-state index in [4.69, 9.17) is 16.0 Å². The fraction of sp³-hybridized carbons (Fsp3) is 0.286. The first-order chi connectivity index (χ1) is 5.24. The molecule has 4 heteroatoms. The van der Waals surface area contributed by atoms with Crippen molar-refractivity contribution >= 4 is 17.6 Å². The number of carbonyl (C=O) groups excluding carboxylic acids is 1. The number of furan rings is 1. The maximum atomic E-state index is 10.9. The average Bonchev–Trinajstić information content (AvgIpc) is 2.36. The van der Waals surface area contributed by atoms with Gasteiger partial charge in [0.25, 0.3) is 0 Å². The Morgan fingerprint density at radius 1 is 1.82 bits per heavy atom. The Morgan fingerprint density at radius 2 is 2.55 bits per heavy atom. The van der Waals surface area contributed by atoms with Gasteiger partial charge >= 0.3 is 5.97 Å². The van der Waals surface area contributed by atoms with Gasteiger partial charge in [-0.05, 0) is 6.92 Å². The van der Waals surface area contributed by atoms with E-state index in [1.807, 2.05) is 0 Å². The summed E-state index contributed by atoms with van der Waals surface area (Å²) in [6.07, 6.45) is 1.29. The van der Waals surface area contributed by atoms with Crippen molar-refractivity contribution in [3.8, 4) is 0 Å². The van der Waals surface area contributed by atoms with Gasteiger partial charge in [-0.15, -0.1) is 0 Å². The molecule has 60 valence electrons. The summed E-state index contributed by atoms with van der Waals surface area (Å²) < 4.78 is 9.42. The molecule has 1 heterocycles. The highest BCUT2D eigenvalue weighted by atomic mass is 35.5. The summed E-state index contributed by atoms with van der Waals surface area (Å²) in [5, 5.41) is 0.396. The molecule has 0 aliphatic rings. The predicted molar refractivity (Wildman–Crippen MR) is 39.7 cm³/mol. The lowest BCUT2D eigenvalue weighted by atomic mass is 10.5. The van der Waals surface area contributed by atoms with Gasteiger partial charge in [0.05, 0.1) is 11.6 Å². The van der Waals surface area contributed by atoms with E-state index in [0.717, 1.165) is 0 Å². The van der Waals surface area contributed by atoms with Crippen LogP contribution in [-0.4, -0.2) is 12.6 Å². The number of rotatable bonds is 2. The summed E-state index contributed by atoms with van der Waals surface area (Å²) in [7, 11) is 0. The van der Waals surface area contributed by atoms with Gasteiger partial charge in [0.15, 0.2) is 0 Å². The molecule has 0 aliphatic heterocycles. The number of esters is 1. The summed E-state index contributed by atoms with van der Waals surface area (Å²) in [4.78, 5) is 10.9. The molecule has 0 unspecified atom stereocenters. The molecule has 0 bridgehead atoms. The maximum Gasteiger partial charge on any atom is 0.374 e. The lowest BCUT2D eigenvalue weighted by Gasteiger charge is -1.95. The highest BCUT2D eigenvalue weighted by molar-refractivity contribution is 6.30. The van der Waals surface area contributed by atoms with E-state index in [1.165, 1.54) is 12.3 Å². The van der Waals surface area contributed by atoms with Gasteiger partial charge in [-0.1, -0.05) is 11.6 Å². The molecule has 1 aromatic heterocycles. The maximum absolute atomic E-state index is 10.9. The zero-order valence-electron chi connectivity index (χ0n) is 5.96. The Labute approximate surface area is 68.9 Å². The average molecular weight is 175 g/mol. The van der Waals surface area contributed by atoms with Crippen molar-refractivity contribution in [2.75, 3.05) is 6.61 Å². The van der Waals surface area contributed by atoms with Gasteiger partial charge in [0.1, 0.15) is 6.26 Å². The van der Waals surface area contributed by atoms with Crippen LogP contribution in [0.25, 0.3) is 0 Å². The summed E-state index contributed by atoms with van der Waals surface area (Å²) in [6.45, 7) is 2.06. The second-order valence-corrected chi connectivity index (χ2v) is 2.29. The van der Waals surface area contributed by atoms with E-state index in [9.17, 15) is 4.79 Å². The first kappa shape index (κ1) is 8.14. The van der Waals surface area contributed by atoms with Crippen molar-refractivity contribution in [1.82, 2.24) is 0 Å². The van der Waals surface area contributed by atoms with Crippen LogP contribution in [-0.2, 0) is 4.74 Å². The zero-order valence-corrected chi connectivity index (χ0v) is 6.72. The standard InChI is InChI=1S/C7H7ClO3/c1-2-10-7(9)6-3-5(8)4-11-6/h3-4H,2H2,1H3. The van der Waals surface area contributed by atoms with Crippen LogP contribution in [0.15, 0.2) is 16.7 Å². The largest absolute Gasteiger partial charge is 0.460 e. The molecule has 0 atom stereocenters. The molecule has 0 N–H and O–H groups in total. The Balaban J connectivity index is 2.69. The van der Waals surface area contributed by atoms with Gasteiger partial charge in [0.2, 0.25) is 5.76 Å². The predicted octanol–water partition coefficient (Wildman–Crippen LogP) is 2.11. The molecular formula is C7H7ClO3. The molecule has 1 aromatic rings. The Kier molecular flexibility index (Phi) is 2.54. The summed E-state index contributed by atoms with van der Waals surface area (Å²) in [6, 6.07) is 1.42. The molecule has 0 amide bonds. The molecule has 1 rings (SSSR count). The molecule has 3 nitrogen and oxygen atoms in total. The highest BCUT2D eigenvalue weighted by Gasteiger charge is 2.10. The smallest absolute Gasteiger partial charge is 0.374 e. The summed E-state index contributed by atoms with van der Waals surface area (Å²) in [5.41, 5.74) is 0. The van der Waals surface area contributed by atoms with Crippen molar-refractivity contribution in [3.05, 3.63) is 23.1 Å². The van der Waals surface area contributed by atoms with Crippen LogP contribution in [0.2, 0.25) is 5.02 Å². The van der Waals surface area contributed by atoms with Gasteiger partial charge in [-0.2, -0.15) is 0 Å². The lowest BCUT2D eigenvalue weighted by molar-refractivity contribution is 0.0490. The van der Waals surface area contributed by atoms with Crippen LogP contribution in [0.5, 0.6) is 0 Å². The minimum absolute atomic E-state index is 0.136. The first-order valence-electron chi connectivity index (χ1n) is 3.15. The first-order valence-corrected chi connectivity index (χ1v) is 3.53. The van der Waals surface area contributed by atoms with Gasteiger partial charge in [-0.3, -0.25) is 0 Å². The van der Waals surface area contributed by atoms with E-state index in [2.05, 4.69) is 4.74 Å². The van der Waals surface area contributed by atoms with Crippen LogP contribution in [0, 0.1) is 0 Å². The number of carbonyl (C=O) groups is 1. The minimum atomic E-state index is -0.487. The molecule has 0 aromatic carbocycles.